The van der Waals surface area contributed by atoms with Crippen molar-refractivity contribution in [3.05, 3.63) is 63.4 Å². The number of anilines is 1. The van der Waals surface area contributed by atoms with Crippen molar-refractivity contribution in [2.24, 2.45) is 0 Å². The van der Waals surface area contributed by atoms with E-state index in [9.17, 15) is 14.9 Å². The zero-order chi connectivity index (χ0) is 18.3. The van der Waals surface area contributed by atoms with Crippen molar-refractivity contribution in [3.8, 4) is 5.69 Å². The van der Waals surface area contributed by atoms with Gasteiger partial charge in [-0.05, 0) is 38.0 Å². The molecule has 7 nitrogen and oxygen atoms in total. The van der Waals surface area contributed by atoms with Crippen molar-refractivity contribution >= 4 is 22.1 Å². The van der Waals surface area contributed by atoms with Crippen LogP contribution in [0.5, 0.6) is 0 Å². The molecule has 0 atom stereocenters. The summed E-state index contributed by atoms with van der Waals surface area (Å²) in [5, 5.41) is 15.2. The second-order valence-electron chi connectivity index (χ2n) is 6.49. The topological polar surface area (TPSA) is 78.4 Å². The molecule has 2 aromatic carbocycles. The molecule has 0 radical (unpaired) electrons. The Balaban J connectivity index is 1.98. The number of hydrogen-bond acceptors (Lipinski definition) is 4. The first-order chi connectivity index (χ1) is 12.6. The number of aromatic nitrogens is 2. The van der Waals surface area contributed by atoms with E-state index in [2.05, 4.69) is 10.00 Å². The lowest BCUT2D eigenvalue weighted by Gasteiger charge is -2.18. The monoisotopic (exact) mass is 351 g/mol. The third kappa shape index (κ3) is 2.61. The van der Waals surface area contributed by atoms with E-state index >= 15 is 0 Å². The number of aryl methyl sites for hydroxylation is 1. The lowest BCUT2D eigenvalue weighted by molar-refractivity contribution is -0.729. The highest BCUT2D eigenvalue weighted by Gasteiger charge is 2.25. The van der Waals surface area contributed by atoms with Gasteiger partial charge in [0.15, 0.2) is 5.69 Å². The van der Waals surface area contributed by atoms with Gasteiger partial charge in [-0.15, -0.1) is 0 Å². The quantitative estimate of drug-likeness (QED) is 0.734. The molecule has 2 heterocycles. The molecule has 0 saturated carbocycles. The predicted octanol–water partition coefficient (Wildman–Crippen LogP) is 3.09. The van der Waals surface area contributed by atoms with E-state index in [-0.39, 0.29) is 21.9 Å². The molecule has 1 aliphatic heterocycles. The molecule has 1 fully saturated rings. The first kappa shape index (κ1) is 16.3. The van der Waals surface area contributed by atoms with Gasteiger partial charge in [0, 0.05) is 30.2 Å². The van der Waals surface area contributed by atoms with Crippen LogP contribution in [0, 0.1) is 11.8 Å². The Kier molecular flexibility index (Phi) is 3.91. The van der Waals surface area contributed by atoms with E-state index in [0.717, 1.165) is 37.0 Å². The summed E-state index contributed by atoms with van der Waals surface area (Å²) in [5.41, 5.74) is 1.51. The van der Waals surface area contributed by atoms with Gasteiger partial charge in [0.25, 0.3) is 10.5 Å². The van der Waals surface area contributed by atoms with Crippen LogP contribution in [0.4, 0.5) is 11.4 Å². The molecule has 0 aliphatic carbocycles. The molecule has 1 N–H and O–H groups in total. The zero-order valence-corrected chi connectivity index (χ0v) is 14.4. The van der Waals surface area contributed by atoms with Crippen molar-refractivity contribution in [1.29, 1.82) is 0 Å². The summed E-state index contributed by atoms with van der Waals surface area (Å²) in [6, 6.07) is 12.3. The van der Waals surface area contributed by atoms with Gasteiger partial charge in [0.1, 0.15) is 0 Å². The van der Waals surface area contributed by atoms with Crippen LogP contribution in [0.15, 0.2) is 47.3 Å². The summed E-state index contributed by atoms with van der Waals surface area (Å²) >= 11 is 0. The summed E-state index contributed by atoms with van der Waals surface area (Å²) in [7, 11) is 0. The average Bonchev–Trinajstić information content (AvgIpc) is 3.19. The van der Waals surface area contributed by atoms with Crippen LogP contribution in [0.3, 0.4) is 0 Å². The molecule has 0 amide bonds. The first-order valence-corrected chi connectivity index (χ1v) is 8.60. The Morgan fingerprint density at radius 3 is 2.46 bits per heavy atom. The van der Waals surface area contributed by atoms with Gasteiger partial charge in [-0.25, -0.2) is 5.21 Å². The Labute approximate surface area is 149 Å². The van der Waals surface area contributed by atoms with E-state index < -0.39 is 0 Å². The van der Waals surface area contributed by atoms with Crippen LogP contribution in [0.1, 0.15) is 18.5 Å². The molecule has 1 aliphatic rings. The zero-order valence-electron chi connectivity index (χ0n) is 14.4. The molecule has 0 bridgehead atoms. The third-order valence-electron chi connectivity index (χ3n) is 4.85. The molecular formula is C19H19N4O3+. The van der Waals surface area contributed by atoms with Crippen molar-refractivity contribution in [1.82, 2.24) is 9.78 Å². The highest BCUT2D eigenvalue weighted by atomic mass is 16.6. The van der Waals surface area contributed by atoms with Gasteiger partial charge in [0.2, 0.25) is 0 Å². The molecule has 26 heavy (non-hydrogen) atoms. The van der Waals surface area contributed by atoms with Crippen LogP contribution >= 0.6 is 0 Å². The van der Waals surface area contributed by atoms with Crippen LogP contribution in [0.25, 0.3) is 16.5 Å². The second-order valence-corrected chi connectivity index (χ2v) is 6.49. The Morgan fingerprint density at radius 2 is 1.77 bits per heavy atom. The highest BCUT2D eigenvalue weighted by Crippen LogP contribution is 2.29. The van der Waals surface area contributed by atoms with Gasteiger partial charge in [0.05, 0.1) is 16.0 Å². The summed E-state index contributed by atoms with van der Waals surface area (Å²) in [6.07, 6.45) is 2.22. The largest absolute Gasteiger partial charge is 0.371 e. The number of benzene rings is 2. The van der Waals surface area contributed by atoms with Gasteiger partial charge in [-0.1, -0.05) is 18.2 Å². The molecule has 0 unspecified atom stereocenters. The lowest BCUT2D eigenvalue weighted by Crippen LogP contribution is -2.24. The molecule has 1 aromatic heterocycles. The summed E-state index contributed by atoms with van der Waals surface area (Å²) in [4.78, 5) is 26.6. The minimum atomic E-state index is -0.326. The SMILES string of the molecule is Cc1nn(-c2cc(N3CCCC3)ccc2[N+](=O)O)c(=O)c2ccccc12. The standard InChI is InChI=1S/C19H19N4O3/c1-13-15-6-2-3-7-16(15)19(24)22(20-13)18-12-14(21-10-4-5-11-21)8-9-17(18)23(25)26/h2-3,6-9,12H,4-5,10-11H2,1H3,(H,25,26)/q+1. The molecule has 4 rings (SSSR count). The fourth-order valence-corrected chi connectivity index (χ4v) is 3.53. The molecule has 3 aromatic rings. The third-order valence-corrected chi connectivity index (χ3v) is 4.85. The minimum absolute atomic E-state index is 0.0165. The number of rotatable bonds is 3. The number of nitrogens with zero attached hydrogens (tertiary/aromatic N) is 4. The Hall–Kier alpha value is -3.22. The average molecular weight is 351 g/mol. The van der Waals surface area contributed by atoms with Gasteiger partial charge in [-0.2, -0.15) is 9.78 Å². The molecular weight excluding hydrogens is 332 g/mol. The van der Waals surface area contributed by atoms with Crippen molar-refractivity contribution in [3.63, 3.8) is 0 Å². The van der Waals surface area contributed by atoms with E-state index in [4.69, 9.17) is 0 Å². The van der Waals surface area contributed by atoms with Crippen molar-refractivity contribution in [2.75, 3.05) is 18.0 Å². The molecule has 0 spiro atoms. The van der Waals surface area contributed by atoms with Crippen LogP contribution in [-0.2, 0) is 0 Å². The first-order valence-electron chi connectivity index (χ1n) is 8.60. The minimum Gasteiger partial charge on any atom is -0.371 e. The van der Waals surface area contributed by atoms with E-state index in [1.807, 2.05) is 19.1 Å². The maximum atomic E-state index is 13.0. The van der Waals surface area contributed by atoms with E-state index in [0.29, 0.717) is 11.1 Å². The Bertz CT molecular complexity index is 1070. The maximum Gasteiger partial charge on any atom is 0.342 e. The summed E-state index contributed by atoms with van der Waals surface area (Å²) < 4.78 is 1.20. The van der Waals surface area contributed by atoms with Crippen molar-refractivity contribution in [2.45, 2.75) is 19.8 Å². The molecule has 1 saturated heterocycles. The summed E-state index contributed by atoms with van der Waals surface area (Å²) in [5.74, 6) is 0. The second kappa shape index (κ2) is 6.25. The molecule has 7 heteroatoms. The lowest BCUT2D eigenvalue weighted by atomic mass is 10.1. The van der Waals surface area contributed by atoms with Crippen LogP contribution in [-0.4, -0.2) is 33.0 Å². The highest BCUT2D eigenvalue weighted by molar-refractivity contribution is 5.83. The van der Waals surface area contributed by atoms with E-state index in [1.165, 1.54) is 10.7 Å². The van der Waals surface area contributed by atoms with Crippen LogP contribution < -0.4 is 10.5 Å². The maximum absolute atomic E-state index is 13.0. The van der Waals surface area contributed by atoms with Gasteiger partial charge < -0.3 is 4.90 Å². The fourth-order valence-electron chi connectivity index (χ4n) is 3.53. The molecule has 132 valence electrons. The fraction of sp³-hybridized carbons (Fsp3) is 0.263. The predicted molar refractivity (Wildman–Crippen MR) is 98.6 cm³/mol. The smallest absolute Gasteiger partial charge is 0.342 e. The Morgan fingerprint density at radius 1 is 1.08 bits per heavy atom. The van der Waals surface area contributed by atoms with Crippen LogP contribution in [0.2, 0.25) is 0 Å². The van der Waals surface area contributed by atoms with Gasteiger partial charge in [-0.3, -0.25) is 4.79 Å². The normalized spacial score (nSPS) is 14.1. The van der Waals surface area contributed by atoms with Crippen molar-refractivity contribution < 1.29 is 10.1 Å². The van der Waals surface area contributed by atoms with Gasteiger partial charge >= 0.3 is 5.69 Å². The van der Waals surface area contributed by atoms with E-state index in [1.54, 1.807) is 24.3 Å². The summed E-state index contributed by atoms with van der Waals surface area (Å²) in [6.45, 7) is 3.67. The number of fused-ring (bicyclic) bond motifs is 1. The number of hydrogen-bond donors (Lipinski definition) is 1.